The van der Waals surface area contributed by atoms with Crippen LogP contribution in [0.3, 0.4) is 0 Å². The molecule has 0 fully saturated rings. The summed E-state index contributed by atoms with van der Waals surface area (Å²) in [4.78, 5) is 4.19. The number of pyridine rings is 1. The lowest BCUT2D eigenvalue weighted by Crippen LogP contribution is -2.24. The monoisotopic (exact) mass is 215 g/mol. The van der Waals surface area contributed by atoms with Gasteiger partial charge in [-0.05, 0) is 31.3 Å². The van der Waals surface area contributed by atoms with Gasteiger partial charge < -0.3 is 10.6 Å². The second-order valence-electron chi connectivity index (χ2n) is 2.47. The predicted octanol–water partition coefficient (Wildman–Crippen LogP) is 1.96. The van der Waals surface area contributed by atoms with Crippen molar-refractivity contribution in [3.63, 3.8) is 0 Å². The molecule has 2 N–H and O–H groups in total. The standard InChI is InChI=1S/C8H10ClN3S/c1-5-6(9)3-4-7(11-5)12-8(13)10-2/h3-4H,1-2H3,(H2,10,11,12,13). The molecule has 0 saturated heterocycles. The highest BCUT2D eigenvalue weighted by atomic mass is 35.5. The molecule has 0 atom stereocenters. The molecule has 0 unspecified atom stereocenters. The lowest BCUT2D eigenvalue weighted by Gasteiger charge is -2.06. The Morgan fingerprint density at radius 2 is 2.23 bits per heavy atom. The van der Waals surface area contributed by atoms with Gasteiger partial charge in [0.15, 0.2) is 5.11 Å². The Morgan fingerprint density at radius 3 is 2.77 bits per heavy atom. The third-order valence-electron chi connectivity index (χ3n) is 1.49. The number of halogens is 1. The second-order valence-corrected chi connectivity index (χ2v) is 3.28. The fourth-order valence-corrected chi connectivity index (χ4v) is 1.00. The number of rotatable bonds is 1. The van der Waals surface area contributed by atoms with Crippen molar-refractivity contribution in [3.8, 4) is 0 Å². The predicted molar refractivity (Wildman–Crippen MR) is 59.3 cm³/mol. The van der Waals surface area contributed by atoms with Crippen LogP contribution < -0.4 is 10.6 Å². The molecule has 1 rings (SSSR count). The zero-order chi connectivity index (χ0) is 9.84. The Hall–Kier alpha value is -0.870. The molecule has 0 spiro atoms. The van der Waals surface area contributed by atoms with Crippen LogP contribution in [-0.2, 0) is 0 Å². The number of nitrogens with one attached hydrogen (secondary N) is 2. The minimum absolute atomic E-state index is 0.536. The summed E-state index contributed by atoms with van der Waals surface area (Å²) >= 11 is 10.7. The van der Waals surface area contributed by atoms with Gasteiger partial charge in [-0.1, -0.05) is 11.6 Å². The largest absolute Gasteiger partial charge is 0.365 e. The molecule has 0 aromatic carbocycles. The second kappa shape index (κ2) is 4.39. The number of thiocarbonyl (C=S) groups is 1. The fourth-order valence-electron chi connectivity index (χ4n) is 0.792. The van der Waals surface area contributed by atoms with Crippen molar-refractivity contribution in [1.29, 1.82) is 0 Å². The first kappa shape index (κ1) is 10.2. The van der Waals surface area contributed by atoms with Crippen LogP contribution in [0, 0.1) is 6.92 Å². The molecule has 0 bridgehead atoms. The Morgan fingerprint density at radius 1 is 1.54 bits per heavy atom. The lowest BCUT2D eigenvalue weighted by atomic mass is 10.4. The van der Waals surface area contributed by atoms with E-state index in [1.807, 2.05) is 6.92 Å². The summed E-state index contributed by atoms with van der Waals surface area (Å²) in [6.45, 7) is 1.84. The summed E-state index contributed by atoms with van der Waals surface area (Å²) < 4.78 is 0. The van der Waals surface area contributed by atoms with E-state index in [0.717, 1.165) is 5.69 Å². The maximum Gasteiger partial charge on any atom is 0.171 e. The van der Waals surface area contributed by atoms with Gasteiger partial charge in [0.05, 0.1) is 10.7 Å². The van der Waals surface area contributed by atoms with Crippen LogP contribution in [0.4, 0.5) is 5.82 Å². The van der Waals surface area contributed by atoms with Crippen LogP contribution in [0.5, 0.6) is 0 Å². The van der Waals surface area contributed by atoms with E-state index < -0.39 is 0 Å². The Kier molecular flexibility index (Phi) is 3.45. The highest BCUT2D eigenvalue weighted by molar-refractivity contribution is 7.80. The molecule has 5 heteroatoms. The van der Waals surface area contributed by atoms with Crippen molar-refractivity contribution in [3.05, 3.63) is 22.8 Å². The molecule has 0 aliphatic rings. The zero-order valence-electron chi connectivity index (χ0n) is 7.39. The first-order valence-corrected chi connectivity index (χ1v) is 4.54. The minimum atomic E-state index is 0.536. The number of aryl methyl sites for hydroxylation is 1. The van der Waals surface area contributed by atoms with Crippen LogP contribution in [0.1, 0.15) is 5.69 Å². The van der Waals surface area contributed by atoms with E-state index in [4.69, 9.17) is 23.8 Å². The van der Waals surface area contributed by atoms with Gasteiger partial charge in [0.2, 0.25) is 0 Å². The van der Waals surface area contributed by atoms with E-state index in [9.17, 15) is 0 Å². The topological polar surface area (TPSA) is 37.0 Å². The molecular formula is C8H10ClN3S. The summed E-state index contributed by atoms with van der Waals surface area (Å²) in [5.74, 6) is 0.696. The number of nitrogens with zero attached hydrogens (tertiary/aromatic N) is 1. The van der Waals surface area contributed by atoms with Crippen LogP contribution in [0.15, 0.2) is 12.1 Å². The third-order valence-corrected chi connectivity index (χ3v) is 2.20. The molecular weight excluding hydrogens is 206 g/mol. The molecule has 3 nitrogen and oxygen atoms in total. The highest BCUT2D eigenvalue weighted by Gasteiger charge is 1.99. The quantitative estimate of drug-likeness (QED) is 0.703. The van der Waals surface area contributed by atoms with Gasteiger partial charge >= 0.3 is 0 Å². The van der Waals surface area contributed by atoms with E-state index in [-0.39, 0.29) is 0 Å². The van der Waals surface area contributed by atoms with E-state index in [1.165, 1.54) is 0 Å². The maximum atomic E-state index is 5.81. The number of anilines is 1. The van der Waals surface area contributed by atoms with Crippen LogP contribution in [0.2, 0.25) is 5.02 Å². The van der Waals surface area contributed by atoms with Crippen molar-refractivity contribution in [2.45, 2.75) is 6.92 Å². The summed E-state index contributed by atoms with van der Waals surface area (Å²) in [6, 6.07) is 3.56. The average Bonchev–Trinajstić information content (AvgIpc) is 2.11. The molecule has 0 amide bonds. The van der Waals surface area contributed by atoms with Crippen molar-refractivity contribution in [2.75, 3.05) is 12.4 Å². The van der Waals surface area contributed by atoms with Gasteiger partial charge in [0.1, 0.15) is 5.82 Å². The summed E-state index contributed by atoms with van der Waals surface area (Å²) in [5.41, 5.74) is 0.783. The molecule has 0 radical (unpaired) electrons. The van der Waals surface area contributed by atoms with E-state index >= 15 is 0 Å². The van der Waals surface area contributed by atoms with Crippen molar-refractivity contribution < 1.29 is 0 Å². The Bertz CT molecular complexity index is 327. The van der Waals surface area contributed by atoms with Crippen LogP contribution in [0.25, 0.3) is 0 Å². The van der Waals surface area contributed by atoms with Crippen molar-refractivity contribution in [1.82, 2.24) is 10.3 Å². The molecule has 1 aromatic heterocycles. The number of aromatic nitrogens is 1. The van der Waals surface area contributed by atoms with Gasteiger partial charge in [0, 0.05) is 7.05 Å². The molecule has 0 saturated carbocycles. The zero-order valence-corrected chi connectivity index (χ0v) is 8.96. The Balaban J connectivity index is 2.79. The van der Waals surface area contributed by atoms with Gasteiger partial charge in [-0.15, -0.1) is 0 Å². The summed E-state index contributed by atoms with van der Waals surface area (Å²) in [5, 5.41) is 6.90. The van der Waals surface area contributed by atoms with Crippen LogP contribution in [-0.4, -0.2) is 17.1 Å². The smallest absolute Gasteiger partial charge is 0.171 e. The SMILES string of the molecule is CNC(=S)Nc1ccc(Cl)c(C)n1. The Labute approximate surface area is 87.5 Å². The van der Waals surface area contributed by atoms with Gasteiger partial charge in [0.25, 0.3) is 0 Å². The van der Waals surface area contributed by atoms with Crippen molar-refractivity contribution in [2.24, 2.45) is 0 Å². The number of hydrogen-bond donors (Lipinski definition) is 2. The van der Waals surface area contributed by atoms with E-state index in [1.54, 1.807) is 19.2 Å². The molecule has 70 valence electrons. The van der Waals surface area contributed by atoms with Gasteiger partial charge in [-0.25, -0.2) is 4.98 Å². The highest BCUT2D eigenvalue weighted by Crippen LogP contribution is 2.14. The van der Waals surface area contributed by atoms with Crippen molar-refractivity contribution >= 4 is 34.7 Å². The summed E-state index contributed by atoms with van der Waals surface area (Å²) in [7, 11) is 1.75. The van der Waals surface area contributed by atoms with Crippen LogP contribution >= 0.6 is 23.8 Å². The first-order valence-electron chi connectivity index (χ1n) is 3.75. The number of hydrogen-bond acceptors (Lipinski definition) is 2. The molecule has 13 heavy (non-hydrogen) atoms. The lowest BCUT2D eigenvalue weighted by molar-refractivity contribution is 1.16. The molecule has 0 aliphatic heterocycles. The normalized spacial score (nSPS) is 9.46. The average molecular weight is 216 g/mol. The fraction of sp³-hybridized carbons (Fsp3) is 0.250. The summed E-state index contributed by atoms with van der Waals surface area (Å²) in [6.07, 6.45) is 0. The third kappa shape index (κ3) is 2.82. The van der Waals surface area contributed by atoms with Gasteiger partial charge in [-0.3, -0.25) is 0 Å². The minimum Gasteiger partial charge on any atom is -0.365 e. The van der Waals surface area contributed by atoms with Gasteiger partial charge in [-0.2, -0.15) is 0 Å². The maximum absolute atomic E-state index is 5.81. The molecule has 0 aliphatic carbocycles. The molecule has 1 heterocycles. The first-order chi connectivity index (χ1) is 6.13. The van der Waals surface area contributed by atoms with E-state index in [2.05, 4.69) is 15.6 Å². The van der Waals surface area contributed by atoms with E-state index in [0.29, 0.717) is 16.0 Å². The molecule has 1 aromatic rings.